The highest BCUT2D eigenvalue weighted by Gasteiger charge is 2.59. The topological polar surface area (TPSA) is 149 Å². The van der Waals surface area contributed by atoms with Crippen molar-refractivity contribution in [2.45, 2.75) is 208 Å². The Hall–Kier alpha value is -1.90. The molecule has 1 unspecified atom stereocenters. The van der Waals surface area contributed by atoms with Gasteiger partial charge in [0.2, 0.25) is 10.8 Å². The number of methoxy groups -OCH3 is 1. The summed E-state index contributed by atoms with van der Waals surface area (Å²) in [4.78, 5) is 28.4. The molecule has 1 aliphatic carbocycles. The lowest BCUT2D eigenvalue weighted by Crippen LogP contribution is -2.70. The zero-order valence-electron chi connectivity index (χ0n) is 38.6. The molecule has 2 heterocycles. The fourth-order valence-electron chi connectivity index (χ4n) is 9.47. The summed E-state index contributed by atoms with van der Waals surface area (Å²) < 4.78 is 37.2. The molecule has 1 saturated heterocycles. The van der Waals surface area contributed by atoms with E-state index in [2.05, 4.69) is 77.9 Å². The summed E-state index contributed by atoms with van der Waals surface area (Å²) in [7, 11) is -5.68. The van der Waals surface area contributed by atoms with E-state index < -0.39 is 66.3 Å². The van der Waals surface area contributed by atoms with E-state index in [-0.39, 0.29) is 25.4 Å². The van der Waals surface area contributed by atoms with Gasteiger partial charge in [-0.2, -0.15) is 0 Å². The molecule has 12 nitrogen and oxygen atoms in total. The van der Waals surface area contributed by atoms with Crippen molar-refractivity contribution in [3.63, 3.8) is 0 Å². The summed E-state index contributed by atoms with van der Waals surface area (Å²) in [5.74, 6) is -0.388. The zero-order chi connectivity index (χ0) is 44.0. The molecular weight excluding hydrogens is 827 g/mol. The number of nitrogens with zero attached hydrogens (tertiary/aromatic N) is 3. The summed E-state index contributed by atoms with van der Waals surface area (Å²) in [6.45, 7) is 20.0. The second kappa shape index (κ2) is 23.7. The molecule has 16 heteroatoms. The van der Waals surface area contributed by atoms with E-state index in [1.807, 2.05) is 36.5 Å². The van der Waals surface area contributed by atoms with Gasteiger partial charge in [0.1, 0.15) is 12.6 Å². The van der Waals surface area contributed by atoms with Crippen LogP contribution in [-0.2, 0) is 38.9 Å². The number of rotatable bonds is 25. The SMILES string of the molecule is CC[Si](CC)(CC)O[C@@H]([C@@H]1OC(Sc2ccccc2)(C(=O)OC)C[C@H](O[Si](CC)(CC)CC)[C@H]1NC(=O)Cn1cc(C2CCCCC2)nn1)[C@@H](CN)O[Si](CC)(CC)CC. The number of carbonyl (C=O) groups excluding carboxylic acids is 2. The Morgan fingerprint density at radius 1 is 0.867 bits per heavy atom. The number of benzene rings is 1. The minimum atomic E-state index is -2.43. The zero-order valence-corrected chi connectivity index (χ0v) is 42.5. The molecule has 4 rings (SSSR count). The van der Waals surface area contributed by atoms with Crippen LogP contribution in [-0.4, -0.2) is 101 Å². The molecule has 3 N–H and O–H groups in total. The van der Waals surface area contributed by atoms with E-state index in [9.17, 15) is 9.59 Å². The predicted molar refractivity (Wildman–Crippen MR) is 250 cm³/mol. The van der Waals surface area contributed by atoms with Crippen LogP contribution in [0.3, 0.4) is 0 Å². The first-order valence-corrected chi connectivity index (χ1v) is 31.7. The van der Waals surface area contributed by atoms with Gasteiger partial charge in [0.15, 0.2) is 25.0 Å². The van der Waals surface area contributed by atoms with Crippen LogP contribution in [0.15, 0.2) is 41.4 Å². The van der Waals surface area contributed by atoms with Crippen molar-refractivity contribution in [1.82, 2.24) is 20.3 Å². The number of hydrogen-bond donors (Lipinski definition) is 2. The molecule has 2 aromatic rings. The Morgan fingerprint density at radius 3 is 1.97 bits per heavy atom. The summed E-state index contributed by atoms with van der Waals surface area (Å²) in [6.07, 6.45) is 5.08. The molecule has 0 spiro atoms. The van der Waals surface area contributed by atoms with Crippen LogP contribution in [0.2, 0.25) is 54.4 Å². The monoisotopic (exact) mass is 906 g/mol. The van der Waals surface area contributed by atoms with Gasteiger partial charge < -0.3 is 33.8 Å². The minimum Gasteiger partial charge on any atom is -0.466 e. The second-order valence-electron chi connectivity index (χ2n) is 17.1. The lowest BCUT2D eigenvalue weighted by molar-refractivity contribution is -0.200. The molecule has 2 aliphatic rings. The summed E-state index contributed by atoms with van der Waals surface area (Å²) >= 11 is 1.34. The van der Waals surface area contributed by atoms with Gasteiger partial charge in [-0.15, -0.1) is 5.10 Å². The van der Waals surface area contributed by atoms with E-state index in [4.69, 9.17) is 28.5 Å². The maximum atomic E-state index is 14.6. The van der Waals surface area contributed by atoms with E-state index >= 15 is 0 Å². The average molecular weight is 906 g/mol. The van der Waals surface area contributed by atoms with E-state index in [1.165, 1.54) is 38.1 Å². The van der Waals surface area contributed by atoms with Crippen molar-refractivity contribution < 1.29 is 32.3 Å². The van der Waals surface area contributed by atoms with Crippen LogP contribution in [0.25, 0.3) is 0 Å². The standard InChI is InChI=1S/C44H79N5O7SSi3/c1-11-58(12-2,13-3)54-37-30-44(43(51)52-10,57-35-28-24-21-25-29-35)53-42(40(37)46-39(50)33-49-32-36(47-48-49)34-26-22-20-23-27-34)41(56-60(17-7,18-8)19-9)38(31-45)55-59(14-4,15-5)16-6/h21,24-25,28-29,32,34,37-38,40-42H,11-20,22-23,26-27,30-31,33,45H2,1-10H3,(H,46,50)/t37-,38+,40+,41+,42+,44?/m0/s1. The fourth-order valence-corrected chi connectivity index (χ4v) is 19.3. The van der Waals surface area contributed by atoms with E-state index in [0.717, 1.165) is 77.8 Å². The second-order valence-corrected chi connectivity index (χ2v) is 32.6. The number of nitrogens with one attached hydrogen (secondary N) is 1. The van der Waals surface area contributed by atoms with Gasteiger partial charge in [-0.1, -0.05) is 117 Å². The number of nitrogens with two attached hydrogens (primary N) is 1. The van der Waals surface area contributed by atoms with Gasteiger partial charge in [0.25, 0.3) is 0 Å². The Kier molecular flexibility index (Phi) is 20.0. The molecule has 1 amide bonds. The van der Waals surface area contributed by atoms with E-state index in [1.54, 1.807) is 4.68 Å². The molecule has 1 aromatic heterocycles. The highest BCUT2D eigenvalue weighted by Crippen LogP contribution is 2.47. The fraction of sp³-hybridized carbons (Fsp3) is 0.773. The highest BCUT2D eigenvalue weighted by molar-refractivity contribution is 8.01. The molecular formula is C44H79N5O7SSi3. The Morgan fingerprint density at radius 2 is 1.43 bits per heavy atom. The van der Waals surface area contributed by atoms with E-state index in [0.29, 0.717) is 5.92 Å². The van der Waals surface area contributed by atoms with Gasteiger partial charge >= 0.3 is 5.97 Å². The number of thioether (sulfide) groups is 1. The molecule has 0 radical (unpaired) electrons. The minimum absolute atomic E-state index is 0.0219. The normalized spacial score (nSPS) is 22.9. The van der Waals surface area contributed by atoms with Crippen molar-refractivity contribution in [3.05, 3.63) is 42.2 Å². The van der Waals surface area contributed by atoms with Gasteiger partial charge in [-0.05, 0) is 79.4 Å². The van der Waals surface area contributed by atoms with Crippen molar-refractivity contribution in [1.29, 1.82) is 0 Å². The van der Waals surface area contributed by atoms with Crippen LogP contribution in [0.4, 0.5) is 0 Å². The van der Waals surface area contributed by atoms with Crippen LogP contribution in [0.5, 0.6) is 0 Å². The molecule has 2 fully saturated rings. The van der Waals surface area contributed by atoms with Crippen molar-refractivity contribution in [2.24, 2.45) is 5.73 Å². The van der Waals surface area contributed by atoms with Crippen LogP contribution >= 0.6 is 11.8 Å². The number of aromatic nitrogens is 3. The lowest BCUT2D eigenvalue weighted by Gasteiger charge is -2.53. The number of carbonyl (C=O) groups is 2. The van der Waals surface area contributed by atoms with Gasteiger partial charge in [-0.25, -0.2) is 9.48 Å². The number of hydrogen-bond acceptors (Lipinski definition) is 11. The maximum Gasteiger partial charge on any atom is 0.349 e. The van der Waals surface area contributed by atoms with Crippen LogP contribution in [0.1, 0.15) is 112 Å². The van der Waals surface area contributed by atoms with Gasteiger partial charge in [-0.3, -0.25) is 4.79 Å². The molecule has 6 atom stereocenters. The summed E-state index contributed by atoms with van der Waals surface area (Å²) in [6, 6.07) is 17.2. The molecule has 1 aliphatic heterocycles. The third-order valence-corrected chi connectivity index (χ3v) is 29.4. The number of amides is 1. The average Bonchev–Trinajstić information content (AvgIpc) is 3.76. The first-order valence-electron chi connectivity index (χ1n) is 23.3. The molecule has 1 aromatic carbocycles. The number of ether oxygens (including phenoxy) is 2. The summed E-state index contributed by atoms with van der Waals surface area (Å²) in [5, 5.41) is 12.4. The largest absolute Gasteiger partial charge is 0.466 e. The van der Waals surface area contributed by atoms with Gasteiger partial charge in [0, 0.05) is 30.0 Å². The molecule has 60 heavy (non-hydrogen) atoms. The third-order valence-electron chi connectivity index (χ3n) is 14.2. The number of esters is 1. The van der Waals surface area contributed by atoms with Gasteiger partial charge in [0.05, 0.1) is 37.2 Å². The van der Waals surface area contributed by atoms with Crippen molar-refractivity contribution in [3.8, 4) is 0 Å². The molecule has 1 saturated carbocycles. The first kappa shape index (κ1) is 50.7. The van der Waals surface area contributed by atoms with Crippen molar-refractivity contribution in [2.75, 3.05) is 13.7 Å². The van der Waals surface area contributed by atoms with Crippen LogP contribution in [0, 0.1) is 0 Å². The third kappa shape index (κ3) is 12.2. The van der Waals surface area contributed by atoms with Crippen LogP contribution < -0.4 is 11.1 Å². The summed E-state index contributed by atoms with van der Waals surface area (Å²) in [5.41, 5.74) is 7.78. The highest BCUT2D eigenvalue weighted by atomic mass is 32.2. The predicted octanol–water partition coefficient (Wildman–Crippen LogP) is 9.39. The van der Waals surface area contributed by atoms with Crippen molar-refractivity contribution >= 4 is 48.6 Å². The first-order chi connectivity index (χ1) is 28.9. The Balaban J connectivity index is 1.95. The molecule has 340 valence electrons. The Bertz CT molecular complexity index is 1570. The smallest absolute Gasteiger partial charge is 0.349 e. The molecule has 0 bridgehead atoms. The quantitative estimate of drug-likeness (QED) is 0.0725. The lowest BCUT2D eigenvalue weighted by atomic mass is 9.87. The maximum absolute atomic E-state index is 14.6. The Labute approximate surface area is 369 Å².